The molecule has 1 unspecified atom stereocenters. The first-order valence-electron chi connectivity index (χ1n) is 5.61. The maximum Gasteiger partial charge on any atom is 0.0507 e. The fourth-order valence-electron chi connectivity index (χ4n) is 1.88. The van der Waals surface area contributed by atoms with Crippen LogP contribution in [0, 0.1) is 5.92 Å². The second-order valence-electron chi connectivity index (χ2n) is 4.36. The molecule has 0 bridgehead atoms. The van der Waals surface area contributed by atoms with E-state index in [1.54, 1.807) is 0 Å². The Bertz CT molecular complexity index is 146. The minimum absolute atomic E-state index is 0.624. The summed E-state index contributed by atoms with van der Waals surface area (Å²) in [6.45, 7) is 8.70. The first kappa shape index (κ1) is 12.3. The number of rotatable bonds is 6. The molecule has 1 heterocycles. The van der Waals surface area contributed by atoms with E-state index in [0.717, 1.165) is 38.0 Å². The van der Waals surface area contributed by atoms with E-state index >= 15 is 0 Å². The lowest BCUT2D eigenvalue weighted by Crippen LogP contribution is -2.36. The van der Waals surface area contributed by atoms with Gasteiger partial charge in [-0.3, -0.25) is 0 Å². The van der Waals surface area contributed by atoms with Gasteiger partial charge in [-0.1, -0.05) is 0 Å². The van der Waals surface area contributed by atoms with Gasteiger partial charge in [-0.15, -0.1) is 11.6 Å². The van der Waals surface area contributed by atoms with Crippen molar-refractivity contribution in [2.24, 2.45) is 5.92 Å². The van der Waals surface area contributed by atoms with Gasteiger partial charge in [-0.25, -0.2) is 0 Å². The van der Waals surface area contributed by atoms with E-state index in [2.05, 4.69) is 18.7 Å². The molecule has 0 saturated carbocycles. The van der Waals surface area contributed by atoms with Crippen LogP contribution in [0.2, 0.25) is 0 Å². The molecule has 1 aliphatic heterocycles. The van der Waals surface area contributed by atoms with Crippen LogP contribution >= 0.6 is 11.6 Å². The van der Waals surface area contributed by atoms with Crippen LogP contribution in [-0.4, -0.2) is 43.1 Å². The first-order chi connectivity index (χ1) is 6.74. The van der Waals surface area contributed by atoms with E-state index in [4.69, 9.17) is 16.3 Å². The van der Waals surface area contributed by atoms with Crippen LogP contribution in [-0.2, 0) is 4.74 Å². The minimum Gasteiger partial charge on any atom is -0.381 e. The second-order valence-corrected chi connectivity index (χ2v) is 4.74. The molecule has 0 amide bonds. The highest BCUT2D eigenvalue weighted by Crippen LogP contribution is 2.15. The number of nitrogens with zero attached hydrogens (tertiary/aromatic N) is 1. The molecule has 1 rings (SSSR count). The van der Waals surface area contributed by atoms with E-state index in [9.17, 15) is 0 Å². The number of hydrogen-bond donors (Lipinski definition) is 0. The highest BCUT2D eigenvalue weighted by Gasteiger charge is 2.20. The van der Waals surface area contributed by atoms with Crippen molar-refractivity contribution in [2.45, 2.75) is 32.7 Å². The van der Waals surface area contributed by atoms with E-state index in [1.165, 1.54) is 13.0 Å². The van der Waals surface area contributed by atoms with Crippen molar-refractivity contribution in [3.05, 3.63) is 0 Å². The summed E-state index contributed by atoms with van der Waals surface area (Å²) in [5, 5.41) is 0. The van der Waals surface area contributed by atoms with Gasteiger partial charge >= 0.3 is 0 Å². The Morgan fingerprint density at radius 1 is 1.50 bits per heavy atom. The molecular formula is C11H22ClNO. The van der Waals surface area contributed by atoms with Crippen molar-refractivity contribution in [2.75, 3.05) is 32.2 Å². The molecule has 0 N–H and O–H groups in total. The Morgan fingerprint density at radius 3 is 2.79 bits per heavy atom. The van der Waals surface area contributed by atoms with Crippen LogP contribution in [0.25, 0.3) is 0 Å². The van der Waals surface area contributed by atoms with Crippen LogP contribution in [0.15, 0.2) is 0 Å². The fraction of sp³-hybridized carbons (Fsp3) is 1.00. The maximum absolute atomic E-state index is 5.72. The van der Waals surface area contributed by atoms with Gasteiger partial charge in [0.15, 0.2) is 0 Å². The van der Waals surface area contributed by atoms with Gasteiger partial charge in [0.1, 0.15) is 0 Å². The highest BCUT2D eigenvalue weighted by molar-refractivity contribution is 6.17. The van der Waals surface area contributed by atoms with E-state index in [-0.39, 0.29) is 0 Å². The Morgan fingerprint density at radius 2 is 2.29 bits per heavy atom. The monoisotopic (exact) mass is 219 g/mol. The molecule has 0 aromatic carbocycles. The molecule has 1 aliphatic rings. The third kappa shape index (κ3) is 4.16. The molecular weight excluding hydrogens is 198 g/mol. The second kappa shape index (κ2) is 6.65. The first-order valence-corrected chi connectivity index (χ1v) is 6.15. The molecule has 14 heavy (non-hydrogen) atoms. The SMILES string of the molecule is CC(C)N(CCCCl)CC1CCOC1. The third-order valence-electron chi connectivity index (χ3n) is 2.83. The predicted octanol–water partition coefficient (Wildman–Crippen LogP) is 2.36. The summed E-state index contributed by atoms with van der Waals surface area (Å²) in [7, 11) is 0. The highest BCUT2D eigenvalue weighted by atomic mass is 35.5. The zero-order valence-electron chi connectivity index (χ0n) is 9.34. The lowest BCUT2D eigenvalue weighted by atomic mass is 10.1. The van der Waals surface area contributed by atoms with E-state index < -0.39 is 0 Å². The summed E-state index contributed by atoms with van der Waals surface area (Å²) in [5.41, 5.74) is 0. The summed E-state index contributed by atoms with van der Waals surface area (Å²) in [6, 6.07) is 0.624. The minimum atomic E-state index is 0.624. The lowest BCUT2D eigenvalue weighted by molar-refractivity contribution is 0.153. The predicted molar refractivity (Wildman–Crippen MR) is 61.0 cm³/mol. The standard InChI is InChI=1S/C11H22ClNO/c1-10(2)13(6-3-5-12)8-11-4-7-14-9-11/h10-11H,3-9H2,1-2H3. The van der Waals surface area contributed by atoms with E-state index in [1.807, 2.05) is 0 Å². The van der Waals surface area contributed by atoms with Crippen molar-refractivity contribution >= 4 is 11.6 Å². The van der Waals surface area contributed by atoms with Crippen LogP contribution in [0.1, 0.15) is 26.7 Å². The molecule has 2 nitrogen and oxygen atoms in total. The number of alkyl halides is 1. The summed E-state index contributed by atoms with van der Waals surface area (Å²) in [4.78, 5) is 2.52. The lowest BCUT2D eigenvalue weighted by Gasteiger charge is -2.28. The van der Waals surface area contributed by atoms with Gasteiger partial charge in [0.2, 0.25) is 0 Å². The smallest absolute Gasteiger partial charge is 0.0507 e. The van der Waals surface area contributed by atoms with Crippen LogP contribution in [0.5, 0.6) is 0 Å². The third-order valence-corrected chi connectivity index (χ3v) is 3.09. The molecule has 0 aromatic heterocycles. The number of hydrogen-bond acceptors (Lipinski definition) is 2. The zero-order chi connectivity index (χ0) is 10.4. The molecule has 84 valence electrons. The van der Waals surface area contributed by atoms with Gasteiger partial charge in [0.25, 0.3) is 0 Å². The van der Waals surface area contributed by atoms with Crippen molar-refractivity contribution in [1.29, 1.82) is 0 Å². The molecule has 0 aliphatic carbocycles. The molecule has 0 spiro atoms. The Balaban J connectivity index is 2.26. The van der Waals surface area contributed by atoms with Gasteiger partial charge in [0, 0.05) is 25.1 Å². The van der Waals surface area contributed by atoms with Crippen molar-refractivity contribution in [3.8, 4) is 0 Å². The summed E-state index contributed by atoms with van der Waals surface area (Å²) in [6.07, 6.45) is 2.32. The van der Waals surface area contributed by atoms with Gasteiger partial charge < -0.3 is 9.64 Å². The average molecular weight is 220 g/mol. The van der Waals surface area contributed by atoms with Gasteiger partial charge in [-0.2, -0.15) is 0 Å². The van der Waals surface area contributed by atoms with Gasteiger partial charge in [0.05, 0.1) is 6.61 Å². The fourth-order valence-corrected chi connectivity index (χ4v) is 2.00. The molecule has 0 radical (unpaired) electrons. The molecule has 1 saturated heterocycles. The Labute approximate surface area is 92.6 Å². The summed E-state index contributed by atoms with van der Waals surface area (Å²) in [5.74, 6) is 1.51. The zero-order valence-corrected chi connectivity index (χ0v) is 10.1. The topological polar surface area (TPSA) is 12.5 Å². The Kier molecular flexibility index (Phi) is 5.83. The number of halogens is 1. The van der Waals surface area contributed by atoms with Crippen molar-refractivity contribution < 1.29 is 4.74 Å². The molecule has 1 fully saturated rings. The van der Waals surface area contributed by atoms with E-state index in [0.29, 0.717) is 6.04 Å². The van der Waals surface area contributed by atoms with Crippen LogP contribution in [0.3, 0.4) is 0 Å². The summed E-state index contributed by atoms with van der Waals surface area (Å²) < 4.78 is 5.39. The maximum atomic E-state index is 5.72. The quantitative estimate of drug-likeness (QED) is 0.636. The van der Waals surface area contributed by atoms with Gasteiger partial charge in [-0.05, 0) is 39.2 Å². The van der Waals surface area contributed by atoms with Crippen molar-refractivity contribution in [1.82, 2.24) is 4.90 Å². The molecule has 1 atom stereocenters. The van der Waals surface area contributed by atoms with Crippen LogP contribution in [0.4, 0.5) is 0 Å². The Hall–Kier alpha value is 0.210. The molecule has 0 aromatic rings. The molecule has 3 heteroatoms. The van der Waals surface area contributed by atoms with Crippen molar-refractivity contribution in [3.63, 3.8) is 0 Å². The average Bonchev–Trinajstić information content (AvgIpc) is 2.64. The normalized spacial score (nSPS) is 22.5. The van der Waals surface area contributed by atoms with Crippen LogP contribution < -0.4 is 0 Å². The summed E-state index contributed by atoms with van der Waals surface area (Å²) >= 11 is 5.72. The number of ether oxygens (including phenoxy) is 1. The largest absolute Gasteiger partial charge is 0.381 e.